The lowest BCUT2D eigenvalue weighted by Gasteiger charge is -2.05. The maximum atomic E-state index is 10.3. The lowest BCUT2D eigenvalue weighted by Crippen LogP contribution is -2.04. The zero-order valence-corrected chi connectivity index (χ0v) is 14.3. The molecule has 0 aliphatic heterocycles. The van der Waals surface area contributed by atoms with Crippen LogP contribution in [0.4, 0.5) is 0 Å². The number of carbonyl (C=O) groups is 1. The van der Waals surface area contributed by atoms with E-state index in [1.165, 1.54) is 32.1 Å². The third-order valence-corrected chi connectivity index (χ3v) is 3.80. The highest BCUT2D eigenvalue weighted by Crippen LogP contribution is 2.09. The van der Waals surface area contributed by atoms with Gasteiger partial charge in [-0.05, 0) is 19.3 Å². The molecule has 0 amide bonds. The second-order valence-corrected chi connectivity index (χ2v) is 6.08. The summed E-state index contributed by atoms with van der Waals surface area (Å²) >= 11 is 0. The SMILES string of the molecule is CCCCCCC(O)CC#CCCCCCCCCC(=O)O. The maximum absolute atomic E-state index is 10.3. The highest BCUT2D eigenvalue weighted by Gasteiger charge is 2.00. The van der Waals surface area contributed by atoms with Gasteiger partial charge in [0.1, 0.15) is 0 Å². The minimum Gasteiger partial charge on any atom is -0.481 e. The van der Waals surface area contributed by atoms with Gasteiger partial charge in [0.05, 0.1) is 6.10 Å². The van der Waals surface area contributed by atoms with Crippen LogP contribution in [0.5, 0.6) is 0 Å². The van der Waals surface area contributed by atoms with Gasteiger partial charge in [-0.3, -0.25) is 4.79 Å². The molecule has 0 heterocycles. The molecule has 1 atom stereocenters. The first-order chi connectivity index (χ1) is 10.7. The van der Waals surface area contributed by atoms with E-state index in [1.54, 1.807) is 0 Å². The smallest absolute Gasteiger partial charge is 0.303 e. The standard InChI is InChI=1S/C19H34O3/c1-2-3-4-12-15-18(20)16-13-10-8-6-5-7-9-11-14-17-19(21)22/h18,20H,2-9,11-12,14-17H2,1H3,(H,21,22). The minimum absolute atomic E-state index is 0.251. The van der Waals surface area contributed by atoms with E-state index in [-0.39, 0.29) is 6.10 Å². The van der Waals surface area contributed by atoms with Crippen LogP contribution in [-0.4, -0.2) is 22.3 Å². The Labute approximate surface area is 136 Å². The molecule has 3 nitrogen and oxygen atoms in total. The van der Waals surface area contributed by atoms with Crippen molar-refractivity contribution in [3.05, 3.63) is 0 Å². The monoisotopic (exact) mass is 310 g/mol. The van der Waals surface area contributed by atoms with Gasteiger partial charge in [-0.1, -0.05) is 58.3 Å². The van der Waals surface area contributed by atoms with Crippen molar-refractivity contribution in [1.29, 1.82) is 0 Å². The van der Waals surface area contributed by atoms with Crippen molar-refractivity contribution in [2.45, 2.75) is 103 Å². The Morgan fingerprint density at radius 1 is 0.909 bits per heavy atom. The van der Waals surface area contributed by atoms with Crippen molar-refractivity contribution in [2.24, 2.45) is 0 Å². The Kier molecular flexibility index (Phi) is 15.6. The van der Waals surface area contributed by atoms with Crippen LogP contribution in [0.1, 0.15) is 96.8 Å². The summed E-state index contributed by atoms with van der Waals surface area (Å²) in [6, 6.07) is 0. The van der Waals surface area contributed by atoms with Crippen molar-refractivity contribution in [3.63, 3.8) is 0 Å². The number of aliphatic hydroxyl groups excluding tert-OH is 1. The molecular weight excluding hydrogens is 276 g/mol. The largest absolute Gasteiger partial charge is 0.481 e. The van der Waals surface area contributed by atoms with Crippen LogP contribution in [0.15, 0.2) is 0 Å². The normalized spacial score (nSPS) is 11.7. The molecule has 0 rings (SSSR count). The molecule has 0 aliphatic rings. The number of carboxylic acids is 1. The molecule has 0 aromatic carbocycles. The van der Waals surface area contributed by atoms with Gasteiger partial charge >= 0.3 is 5.97 Å². The van der Waals surface area contributed by atoms with E-state index in [2.05, 4.69) is 18.8 Å². The third-order valence-electron chi connectivity index (χ3n) is 3.80. The second kappa shape index (κ2) is 16.4. The van der Waals surface area contributed by atoms with Gasteiger partial charge in [0.15, 0.2) is 0 Å². The molecule has 0 aromatic heterocycles. The Bertz CT molecular complexity index is 314. The fraction of sp³-hybridized carbons (Fsp3) is 0.842. The van der Waals surface area contributed by atoms with Crippen molar-refractivity contribution in [2.75, 3.05) is 0 Å². The molecule has 0 spiro atoms. The van der Waals surface area contributed by atoms with Crippen LogP contribution in [0.2, 0.25) is 0 Å². The lowest BCUT2D eigenvalue weighted by atomic mass is 10.1. The van der Waals surface area contributed by atoms with Crippen molar-refractivity contribution < 1.29 is 15.0 Å². The molecule has 1 unspecified atom stereocenters. The summed E-state index contributed by atoms with van der Waals surface area (Å²) in [7, 11) is 0. The molecule has 0 radical (unpaired) electrons. The third kappa shape index (κ3) is 17.0. The van der Waals surface area contributed by atoms with E-state index in [4.69, 9.17) is 5.11 Å². The minimum atomic E-state index is -0.692. The van der Waals surface area contributed by atoms with Crippen LogP contribution in [-0.2, 0) is 4.79 Å². The van der Waals surface area contributed by atoms with Gasteiger partial charge in [-0.15, -0.1) is 11.8 Å². The molecule has 0 saturated carbocycles. The van der Waals surface area contributed by atoms with Crippen molar-refractivity contribution in [3.8, 4) is 11.8 Å². The average Bonchev–Trinajstić information content (AvgIpc) is 2.49. The summed E-state index contributed by atoms with van der Waals surface area (Å²) in [5.74, 6) is 5.54. The predicted octanol–water partition coefficient (Wildman–Crippen LogP) is 4.92. The number of hydrogen-bond acceptors (Lipinski definition) is 2. The van der Waals surface area contributed by atoms with E-state index in [0.29, 0.717) is 12.8 Å². The molecule has 0 bridgehead atoms. The molecule has 128 valence electrons. The van der Waals surface area contributed by atoms with Crippen molar-refractivity contribution >= 4 is 5.97 Å². The fourth-order valence-electron chi connectivity index (χ4n) is 2.38. The molecule has 22 heavy (non-hydrogen) atoms. The highest BCUT2D eigenvalue weighted by molar-refractivity contribution is 5.66. The van der Waals surface area contributed by atoms with Gasteiger partial charge < -0.3 is 10.2 Å². The lowest BCUT2D eigenvalue weighted by molar-refractivity contribution is -0.137. The summed E-state index contributed by atoms with van der Waals surface area (Å²) in [6.07, 6.45) is 13.6. The number of carboxylic acid groups (broad SMARTS) is 1. The average molecular weight is 310 g/mol. The van der Waals surface area contributed by atoms with E-state index < -0.39 is 5.97 Å². The molecule has 2 N–H and O–H groups in total. The predicted molar refractivity (Wildman–Crippen MR) is 91.7 cm³/mol. The van der Waals surface area contributed by atoms with Gasteiger partial charge in [0.25, 0.3) is 0 Å². The van der Waals surface area contributed by atoms with Crippen LogP contribution in [0.25, 0.3) is 0 Å². The Balaban J connectivity index is 3.29. The van der Waals surface area contributed by atoms with Gasteiger partial charge in [0.2, 0.25) is 0 Å². The summed E-state index contributed by atoms with van der Waals surface area (Å²) < 4.78 is 0. The Morgan fingerprint density at radius 3 is 2.23 bits per heavy atom. The van der Waals surface area contributed by atoms with E-state index in [9.17, 15) is 9.90 Å². The first kappa shape index (κ1) is 21.0. The highest BCUT2D eigenvalue weighted by atomic mass is 16.4. The van der Waals surface area contributed by atoms with Crippen molar-refractivity contribution in [1.82, 2.24) is 0 Å². The topological polar surface area (TPSA) is 57.5 Å². The van der Waals surface area contributed by atoms with Crippen LogP contribution >= 0.6 is 0 Å². The first-order valence-electron chi connectivity index (χ1n) is 9.02. The summed E-state index contributed by atoms with van der Waals surface area (Å²) in [4.78, 5) is 10.3. The number of aliphatic hydroxyl groups is 1. The number of rotatable bonds is 14. The van der Waals surface area contributed by atoms with Gasteiger partial charge in [-0.2, -0.15) is 0 Å². The van der Waals surface area contributed by atoms with E-state index >= 15 is 0 Å². The van der Waals surface area contributed by atoms with Crippen LogP contribution < -0.4 is 0 Å². The van der Waals surface area contributed by atoms with Gasteiger partial charge in [0, 0.05) is 19.3 Å². The molecule has 0 aliphatic carbocycles. The number of hydrogen-bond donors (Lipinski definition) is 2. The van der Waals surface area contributed by atoms with E-state index in [1.807, 2.05) is 0 Å². The molecule has 0 saturated heterocycles. The molecular formula is C19H34O3. The zero-order chi connectivity index (χ0) is 16.5. The van der Waals surface area contributed by atoms with Gasteiger partial charge in [-0.25, -0.2) is 0 Å². The maximum Gasteiger partial charge on any atom is 0.303 e. The Hall–Kier alpha value is -1.01. The first-order valence-corrected chi connectivity index (χ1v) is 9.02. The van der Waals surface area contributed by atoms with Crippen LogP contribution in [0, 0.1) is 11.8 Å². The van der Waals surface area contributed by atoms with E-state index in [0.717, 1.165) is 44.9 Å². The van der Waals surface area contributed by atoms with Crippen LogP contribution in [0.3, 0.4) is 0 Å². The molecule has 0 aromatic rings. The second-order valence-electron chi connectivity index (χ2n) is 6.08. The molecule has 3 heteroatoms. The number of aliphatic carboxylic acids is 1. The summed E-state index contributed by atoms with van der Waals surface area (Å²) in [6.45, 7) is 2.19. The quantitative estimate of drug-likeness (QED) is 0.354. The number of unbranched alkanes of at least 4 members (excludes halogenated alkanes) is 9. The summed E-state index contributed by atoms with van der Waals surface area (Å²) in [5.41, 5.74) is 0. The fourth-order valence-corrected chi connectivity index (χ4v) is 2.38. The summed E-state index contributed by atoms with van der Waals surface area (Å²) in [5, 5.41) is 18.3. The zero-order valence-electron chi connectivity index (χ0n) is 14.3. The Morgan fingerprint density at radius 2 is 1.55 bits per heavy atom. The molecule has 0 fully saturated rings.